The first kappa shape index (κ1) is 24.8. The Hall–Kier alpha value is -4.36. The molecule has 0 bridgehead atoms. The number of rotatable bonds is 9. The first-order valence-electron chi connectivity index (χ1n) is 11.1. The average molecular weight is 544 g/mol. The minimum absolute atomic E-state index is 0.0492. The van der Waals surface area contributed by atoms with E-state index in [4.69, 9.17) is 9.47 Å². The monoisotopic (exact) mass is 543 g/mol. The van der Waals surface area contributed by atoms with Gasteiger partial charge in [-0.2, -0.15) is 0 Å². The molecular formula is C29H22BrNO5. The number of halogens is 1. The maximum atomic E-state index is 12.7. The van der Waals surface area contributed by atoms with Crippen LogP contribution < -0.4 is 14.8 Å². The second-order valence-corrected chi connectivity index (χ2v) is 8.57. The molecule has 0 atom stereocenters. The van der Waals surface area contributed by atoms with Crippen molar-refractivity contribution in [2.24, 2.45) is 0 Å². The van der Waals surface area contributed by atoms with Gasteiger partial charge in [-0.05, 0) is 70.0 Å². The van der Waals surface area contributed by atoms with Gasteiger partial charge in [-0.3, -0.25) is 4.79 Å². The van der Waals surface area contributed by atoms with Gasteiger partial charge >= 0.3 is 5.97 Å². The topological polar surface area (TPSA) is 84.9 Å². The van der Waals surface area contributed by atoms with Crippen molar-refractivity contribution in [3.8, 4) is 23.0 Å². The largest absolute Gasteiger partial charge is 0.477 e. The standard InChI is InChI=1S/C29H22BrNO5/c30-24-11-5-7-13-27(24)36-23-16-14-20(15-17-23)18-25(29(33)34)31-28(32)19-21-8-4-6-12-26(21)35-22-9-2-1-3-10-22/h1-18H,19H2,(H,31,32)(H,33,34)/b25-18-. The van der Waals surface area contributed by atoms with Crippen LogP contribution in [0.4, 0.5) is 0 Å². The van der Waals surface area contributed by atoms with Gasteiger partial charge < -0.3 is 19.9 Å². The summed E-state index contributed by atoms with van der Waals surface area (Å²) in [7, 11) is 0. The fourth-order valence-electron chi connectivity index (χ4n) is 3.34. The minimum atomic E-state index is -1.24. The third kappa shape index (κ3) is 6.84. The van der Waals surface area contributed by atoms with Crippen molar-refractivity contribution in [3.63, 3.8) is 0 Å². The molecule has 1 amide bonds. The number of hydrogen-bond acceptors (Lipinski definition) is 4. The zero-order valence-corrected chi connectivity index (χ0v) is 20.6. The molecule has 0 aromatic heterocycles. The minimum Gasteiger partial charge on any atom is -0.477 e. The molecule has 7 heteroatoms. The predicted molar refractivity (Wildman–Crippen MR) is 141 cm³/mol. The van der Waals surface area contributed by atoms with Crippen LogP contribution >= 0.6 is 15.9 Å². The zero-order chi connectivity index (χ0) is 25.3. The quantitative estimate of drug-likeness (QED) is 0.226. The second-order valence-electron chi connectivity index (χ2n) is 7.71. The number of amides is 1. The molecular weight excluding hydrogens is 522 g/mol. The lowest BCUT2D eigenvalue weighted by Crippen LogP contribution is -2.28. The summed E-state index contributed by atoms with van der Waals surface area (Å²) in [4.78, 5) is 24.5. The van der Waals surface area contributed by atoms with E-state index in [9.17, 15) is 14.7 Å². The molecule has 4 rings (SSSR count). The molecule has 4 aromatic carbocycles. The summed E-state index contributed by atoms with van der Waals surface area (Å²) in [6.45, 7) is 0. The van der Waals surface area contributed by atoms with Crippen molar-refractivity contribution in [1.82, 2.24) is 5.32 Å². The van der Waals surface area contributed by atoms with E-state index in [-0.39, 0.29) is 12.1 Å². The fraction of sp³-hybridized carbons (Fsp3) is 0.0345. The number of nitrogens with one attached hydrogen (secondary N) is 1. The lowest BCUT2D eigenvalue weighted by Gasteiger charge is -2.12. The molecule has 0 saturated heterocycles. The van der Waals surface area contributed by atoms with Gasteiger partial charge in [0, 0.05) is 5.56 Å². The highest BCUT2D eigenvalue weighted by atomic mass is 79.9. The molecule has 0 heterocycles. The Morgan fingerprint density at radius 1 is 0.750 bits per heavy atom. The van der Waals surface area contributed by atoms with Crippen molar-refractivity contribution >= 4 is 33.9 Å². The molecule has 0 aliphatic carbocycles. The molecule has 36 heavy (non-hydrogen) atoms. The third-order valence-electron chi connectivity index (χ3n) is 5.05. The van der Waals surface area contributed by atoms with Crippen LogP contribution in [0.5, 0.6) is 23.0 Å². The highest BCUT2D eigenvalue weighted by Crippen LogP contribution is 2.29. The van der Waals surface area contributed by atoms with E-state index in [0.717, 1.165) is 4.47 Å². The Labute approximate surface area is 216 Å². The van der Waals surface area contributed by atoms with Crippen LogP contribution in [0, 0.1) is 0 Å². The van der Waals surface area contributed by atoms with Crippen LogP contribution in [0.1, 0.15) is 11.1 Å². The molecule has 2 N–H and O–H groups in total. The smallest absolute Gasteiger partial charge is 0.352 e. The third-order valence-corrected chi connectivity index (χ3v) is 5.71. The number of carboxylic acid groups (broad SMARTS) is 1. The van der Waals surface area contributed by atoms with Crippen molar-refractivity contribution in [1.29, 1.82) is 0 Å². The molecule has 0 aliphatic rings. The van der Waals surface area contributed by atoms with E-state index >= 15 is 0 Å². The van der Waals surface area contributed by atoms with Crippen molar-refractivity contribution in [2.75, 3.05) is 0 Å². The van der Waals surface area contributed by atoms with Crippen LogP contribution in [-0.2, 0) is 16.0 Å². The number of carboxylic acids is 1. The molecule has 0 radical (unpaired) electrons. The maximum absolute atomic E-state index is 12.7. The van der Waals surface area contributed by atoms with Gasteiger partial charge in [-0.1, -0.05) is 60.7 Å². The number of aliphatic carboxylic acids is 1. The molecule has 6 nitrogen and oxygen atoms in total. The van der Waals surface area contributed by atoms with Crippen LogP contribution in [0.15, 0.2) is 113 Å². The van der Waals surface area contributed by atoms with E-state index < -0.39 is 11.9 Å². The summed E-state index contributed by atoms with van der Waals surface area (Å²) in [5, 5.41) is 12.1. The number of para-hydroxylation sites is 3. The number of benzene rings is 4. The van der Waals surface area contributed by atoms with Gasteiger partial charge in [0.05, 0.1) is 10.9 Å². The summed E-state index contributed by atoms with van der Waals surface area (Å²) >= 11 is 3.44. The number of ether oxygens (including phenoxy) is 2. The predicted octanol–water partition coefficient (Wildman–Crippen LogP) is 6.82. The van der Waals surface area contributed by atoms with E-state index in [1.165, 1.54) is 6.08 Å². The summed E-state index contributed by atoms with van der Waals surface area (Å²) in [5.74, 6) is 0.710. The first-order chi connectivity index (χ1) is 17.5. The van der Waals surface area contributed by atoms with Crippen molar-refractivity contribution < 1.29 is 24.2 Å². The van der Waals surface area contributed by atoms with E-state index in [1.54, 1.807) is 42.5 Å². The molecule has 0 spiro atoms. The highest BCUT2D eigenvalue weighted by molar-refractivity contribution is 9.10. The SMILES string of the molecule is O=C(Cc1ccccc1Oc1ccccc1)N/C(=C\c1ccc(Oc2ccccc2Br)cc1)C(=O)O. The lowest BCUT2D eigenvalue weighted by molar-refractivity contribution is -0.134. The van der Waals surface area contributed by atoms with Gasteiger partial charge in [-0.25, -0.2) is 4.79 Å². The van der Waals surface area contributed by atoms with Gasteiger partial charge in [-0.15, -0.1) is 0 Å². The van der Waals surface area contributed by atoms with E-state index in [2.05, 4.69) is 21.2 Å². The maximum Gasteiger partial charge on any atom is 0.352 e. The second kappa shape index (κ2) is 11.9. The van der Waals surface area contributed by atoms with Gasteiger partial charge in [0.25, 0.3) is 0 Å². The Morgan fingerprint density at radius 3 is 2.03 bits per heavy atom. The number of carbonyl (C=O) groups is 2. The van der Waals surface area contributed by atoms with E-state index in [0.29, 0.717) is 34.1 Å². The molecule has 0 saturated carbocycles. The van der Waals surface area contributed by atoms with Crippen LogP contribution in [0.3, 0.4) is 0 Å². The molecule has 4 aromatic rings. The lowest BCUT2D eigenvalue weighted by atomic mass is 10.1. The Bertz CT molecular complexity index is 1380. The molecule has 0 aliphatic heterocycles. The number of carbonyl (C=O) groups excluding carboxylic acids is 1. The zero-order valence-electron chi connectivity index (χ0n) is 19.1. The first-order valence-corrected chi connectivity index (χ1v) is 11.9. The van der Waals surface area contributed by atoms with E-state index in [1.807, 2.05) is 60.7 Å². The van der Waals surface area contributed by atoms with Crippen LogP contribution in [0.2, 0.25) is 0 Å². The van der Waals surface area contributed by atoms with Gasteiger partial charge in [0.2, 0.25) is 5.91 Å². The normalized spacial score (nSPS) is 11.0. The van der Waals surface area contributed by atoms with Crippen molar-refractivity contribution in [2.45, 2.75) is 6.42 Å². The average Bonchev–Trinajstić information content (AvgIpc) is 2.88. The van der Waals surface area contributed by atoms with Crippen LogP contribution in [0.25, 0.3) is 6.08 Å². The summed E-state index contributed by atoms with van der Waals surface area (Å²) in [5.41, 5.74) is 0.998. The van der Waals surface area contributed by atoms with Crippen molar-refractivity contribution in [3.05, 3.63) is 124 Å². The molecule has 0 fully saturated rings. The summed E-state index contributed by atoms with van der Waals surface area (Å²) in [6.07, 6.45) is 1.35. The van der Waals surface area contributed by atoms with Gasteiger partial charge in [0.15, 0.2) is 0 Å². The summed E-state index contributed by atoms with van der Waals surface area (Å²) in [6, 6.07) is 30.7. The Kier molecular flexibility index (Phi) is 8.16. The van der Waals surface area contributed by atoms with Crippen LogP contribution in [-0.4, -0.2) is 17.0 Å². The highest BCUT2D eigenvalue weighted by Gasteiger charge is 2.15. The molecule has 180 valence electrons. The van der Waals surface area contributed by atoms with Gasteiger partial charge in [0.1, 0.15) is 28.7 Å². The number of hydrogen-bond donors (Lipinski definition) is 2. The fourth-order valence-corrected chi connectivity index (χ4v) is 3.70. The Morgan fingerprint density at radius 2 is 1.33 bits per heavy atom. The summed E-state index contributed by atoms with van der Waals surface area (Å²) < 4.78 is 12.5. The Balaban J connectivity index is 1.44. The molecule has 0 unspecified atom stereocenters.